The van der Waals surface area contributed by atoms with Crippen molar-refractivity contribution >= 4 is 0 Å². The molecule has 0 atom stereocenters. The van der Waals surface area contributed by atoms with Crippen molar-refractivity contribution < 1.29 is 26.2 Å². The Bertz CT molecular complexity index is 266. The van der Waals surface area contributed by atoms with Crippen molar-refractivity contribution in [2.75, 3.05) is 0 Å². The van der Waals surface area contributed by atoms with Gasteiger partial charge in [-0.3, -0.25) is 0 Å². The second-order valence-electron chi connectivity index (χ2n) is 4.57. The van der Waals surface area contributed by atoms with Crippen LogP contribution in [0.15, 0.2) is 22.3 Å². The van der Waals surface area contributed by atoms with Crippen molar-refractivity contribution in [3.05, 3.63) is 28.7 Å². The molecule has 0 nitrogen and oxygen atoms in total. The number of hydrogen-bond donors (Lipinski definition) is 0. The van der Waals surface area contributed by atoms with E-state index in [1.807, 2.05) is 0 Å². The zero-order valence-electron chi connectivity index (χ0n) is 8.73. The molecule has 0 N–H and O–H groups in total. The quantitative estimate of drug-likeness (QED) is 0.581. The molecule has 0 aromatic rings. The topological polar surface area (TPSA) is 0 Å². The maximum atomic E-state index is 2.50. The third kappa shape index (κ3) is 1.69. The molecule has 14 heavy (non-hydrogen) atoms. The summed E-state index contributed by atoms with van der Waals surface area (Å²) < 4.78 is 0. The van der Waals surface area contributed by atoms with Gasteiger partial charge in [0, 0.05) is 26.2 Å². The van der Waals surface area contributed by atoms with E-state index in [9.17, 15) is 0 Å². The normalized spacial score (nSPS) is 25.1. The third-order valence-electron chi connectivity index (χ3n) is 3.76. The van der Waals surface area contributed by atoms with Gasteiger partial charge in [0.15, 0.2) is 0 Å². The molecule has 0 spiro atoms. The third-order valence-corrected chi connectivity index (χ3v) is 3.76. The summed E-state index contributed by atoms with van der Waals surface area (Å²) in [4.78, 5) is 0. The van der Waals surface area contributed by atoms with Crippen LogP contribution >= 0.6 is 0 Å². The van der Waals surface area contributed by atoms with Gasteiger partial charge in [0.05, 0.1) is 0 Å². The summed E-state index contributed by atoms with van der Waals surface area (Å²) in [5.41, 5.74) is 7.06. The zero-order chi connectivity index (χ0) is 8.67. The molecule has 0 radical (unpaired) electrons. The smallest absolute Gasteiger partial charge is 0 e. The van der Waals surface area contributed by atoms with Gasteiger partial charge in [-0.05, 0) is 25.7 Å². The van der Waals surface area contributed by atoms with Gasteiger partial charge in [-0.2, -0.15) is 5.57 Å². The first-order valence-corrected chi connectivity index (χ1v) is 5.71. The van der Waals surface area contributed by atoms with E-state index in [1.54, 1.807) is 22.3 Å². The first-order chi connectivity index (χ1) is 6.45. The molecule has 0 unspecified atom stereocenters. The van der Waals surface area contributed by atoms with Crippen LogP contribution in [-0.2, 0) is 26.2 Å². The number of hydrogen-bond acceptors (Lipinski definition) is 0. The van der Waals surface area contributed by atoms with Crippen LogP contribution in [0.5, 0.6) is 0 Å². The van der Waals surface area contributed by atoms with Gasteiger partial charge in [0.25, 0.3) is 0 Å². The predicted molar refractivity (Wildman–Crippen MR) is 55.3 cm³/mol. The first-order valence-electron chi connectivity index (χ1n) is 5.71. The minimum atomic E-state index is 0. The van der Waals surface area contributed by atoms with Gasteiger partial charge in [-0.15, -0.1) is 12.0 Å². The van der Waals surface area contributed by atoms with Crippen LogP contribution in [0.4, 0.5) is 0 Å². The molecule has 0 bridgehead atoms. The van der Waals surface area contributed by atoms with Gasteiger partial charge in [-0.25, -0.2) is 12.0 Å². The van der Waals surface area contributed by atoms with Crippen molar-refractivity contribution in [1.82, 2.24) is 0 Å². The van der Waals surface area contributed by atoms with Crippen molar-refractivity contribution in [1.29, 1.82) is 0 Å². The maximum absolute atomic E-state index is 2.50. The van der Waals surface area contributed by atoms with Crippen LogP contribution in [0.3, 0.4) is 0 Å². The summed E-state index contributed by atoms with van der Waals surface area (Å²) in [7, 11) is 0. The molecule has 0 amide bonds. The average Bonchev–Trinajstić information content (AvgIpc) is 2.56. The molecule has 0 aliphatic heterocycles. The molecular weight excluding hydrogens is 247 g/mol. The molecule has 0 fully saturated rings. The van der Waals surface area contributed by atoms with Gasteiger partial charge < -0.3 is 0 Å². The summed E-state index contributed by atoms with van der Waals surface area (Å²) in [6.07, 6.45) is 13.6. The SMILES string of the molecule is [CH-]1CCCC2=C1CC1=C2CCCC1.[Zr]. The second kappa shape index (κ2) is 4.39. The predicted octanol–water partition coefficient (Wildman–Crippen LogP) is 3.94. The Balaban J connectivity index is 0.000000750. The van der Waals surface area contributed by atoms with Crippen molar-refractivity contribution in [3.63, 3.8) is 0 Å². The molecule has 3 rings (SSSR count). The monoisotopic (exact) mass is 263 g/mol. The van der Waals surface area contributed by atoms with Crippen LogP contribution in [0, 0.1) is 6.42 Å². The Hall–Kier alpha value is 0.233. The Morgan fingerprint density at radius 2 is 1.64 bits per heavy atom. The molecular formula is C13H17Zr-. The number of allylic oxidation sites excluding steroid dienone is 4. The zero-order valence-corrected chi connectivity index (χ0v) is 11.2. The first kappa shape index (κ1) is 10.7. The van der Waals surface area contributed by atoms with Crippen LogP contribution in [0.25, 0.3) is 0 Å². The number of fused-ring (bicyclic) bond motifs is 1. The van der Waals surface area contributed by atoms with Crippen LogP contribution in [0.2, 0.25) is 0 Å². The Labute approximate surface area is 106 Å². The van der Waals surface area contributed by atoms with Crippen molar-refractivity contribution in [3.8, 4) is 0 Å². The molecule has 3 aliphatic carbocycles. The van der Waals surface area contributed by atoms with Gasteiger partial charge >= 0.3 is 0 Å². The molecule has 0 saturated heterocycles. The van der Waals surface area contributed by atoms with Gasteiger partial charge in [0.2, 0.25) is 0 Å². The summed E-state index contributed by atoms with van der Waals surface area (Å²) in [6.45, 7) is 0. The molecule has 0 aromatic carbocycles. The van der Waals surface area contributed by atoms with E-state index in [0.717, 1.165) is 0 Å². The molecule has 0 aromatic heterocycles. The fourth-order valence-electron chi connectivity index (χ4n) is 3.12. The van der Waals surface area contributed by atoms with Gasteiger partial charge in [0.1, 0.15) is 0 Å². The van der Waals surface area contributed by atoms with Gasteiger partial charge in [-0.1, -0.05) is 24.8 Å². The van der Waals surface area contributed by atoms with E-state index in [0.29, 0.717) is 0 Å². The fourth-order valence-corrected chi connectivity index (χ4v) is 3.12. The van der Waals surface area contributed by atoms with E-state index in [1.165, 1.54) is 51.4 Å². The standard InChI is InChI=1S/C13H17.Zr/c1-3-7-12-10(5-1)9-11-6-2-4-8-13(11)12;/h5H,1-4,6-9H2;/q-1;. The molecule has 3 aliphatic rings. The van der Waals surface area contributed by atoms with E-state index in [4.69, 9.17) is 0 Å². The molecule has 1 heteroatoms. The second-order valence-corrected chi connectivity index (χ2v) is 4.57. The maximum Gasteiger partial charge on any atom is 0 e. The summed E-state index contributed by atoms with van der Waals surface area (Å²) in [6, 6.07) is 0. The average molecular weight is 265 g/mol. The largest absolute Gasteiger partial charge is 0.226 e. The Morgan fingerprint density at radius 3 is 2.57 bits per heavy atom. The van der Waals surface area contributed by atoms with Crippen LogP contribution < -0.4 is 0 Å². The van der Waals surface area contributed by atoms with E-state index in [2.05, 4.69) is 6.42 Å². The minimum absolute atomic E-state index is 0. The summed E-state index contributed by atoms with van der Waals surface area (Å²) in [5, 5.41) is 0. The number of rotatable bonds is 0. The van der Waals surface area contributed by atoms with Crippen molar-refractivity contribution in [2.45, 2.75) is 51.4 Å². The van der Waals surface area contributed by atoms with Crippen LogP contribution in [0.1, 0.15) is 51.4 Å². The van der Waals surface area contributed by atoms with E-state index in [-0.39, 0.29) is 26.2 Å². The minimum Gasteiger partial charge on any atom is -0.226 e. The summed E-state index contributed by atoms with van der Waals surface area (Å²) in [5.74, 6) is 0. The fraction of sp³-hybridized carbons (Fsp3) is 0.615. The summed E-state index contributed by atoms with van der Waals surface area (Å²) >= 11 is 0. The van der Waals surface area contributed by atoms with Crippen molar-refractivity contribution in [2.24, 2.45) is 0 Å². The molecule has 0 saturated carbocycles. The Morgan fingerprint density at radius 1 is 0.857 bits per heavy atom. The Kier molecular flexibility index (Phi) is 3.37. The van der Waals surface area contributed by atoms with E-state index < -0.39 is 0 Å². The molecule has 74 valence electrons. The molecule has 0 heterocycles. The van der Waals surface area contributed by atoms with Crippen LogP contribution in [-0.4, -0.2) is 0 Å². The van der Waals surface area contributed by atoms with E-state index >= 15 is 0 Å².